The number of benzene rings is 2. The third-order valence-corrected chi connectivity index (χ3v) is 3.21. The summed E-state index contributed by atoms with van der Waals surface area (Å²) in [7, 11) is 0. The Balaban J connectivity index is 2.27. The molecule has 0 aliphatic heterocycles. The van der Waals surface area contributed by atoms with Gasteiger partial charge < -0.3 is 14.6 Å². The van der Waals surface area contributed by atoms with E-state index in [1.807, 2.05) is 0 Å². The second kappa shape index (κ2) is 4.90. The van der Waals surface area contributed by atoms with Gasteiger partial charge >= 0.3 is 5.63 Å². The first-order valence-electron chi connectivity index (χ1n) is 6.79. The minimum absolute atomic E-state index is 0.0441. The summed E-state index contributed by atoms with van der Waals surface area (Å²) in [5.41, 5.74) is -0.617. The monoisotopic (exact) mass is 294 g/mol. The highest BCUT2D eigenvalue weighted by Crippen LogP contribution is 2.26. The molecule has 3 aromatic rings. The highest BCUT2D eigenvalue weighted by atomic mass is 16.4. The van der Waals surface area contributed by atoms with Gasteiger partial charge in [0, 0.05) is 22.4 Å². The second-order valence-corrected chi connectivity index (χ2v) is 5.64. The number of fused-ring (bicyclic) bond motifs is 3. The number of hydrogen-bond acceptors (Lipinski definition) is 4. The van der Waals surface area contributed by atoms with Crippen LogP contribution in [0.1, 0.15) is 19.4 Å². The van der Waals surface area contributed by atoms with Gasteiger partial charge in [0.25, 0.3) is 0 Å². The second-order valence-electron chi connectivity index (χ2n) is 5.64. The standard InChI is InChI=1S/C18H14O4/c1-18(2,21)8-7-11-3-5-13-14-6-4-12(19)10-16(14)22-17(20)15(13)9-11/h3-6,9-10,19,21H,1-2H3. The molecule has 0 aliphatic carbocycles. The number of aliphatic hydroxyl groups is 1. The van der Waals surface area contributed by atoms with Gasteiger partial charge in [0.1, 0.15) is 16.9 Å². The molecular formula is C18H14O4. The van der Waals surface area contributed by atoms with Gasteiger partial charge in [-0.25, -0.2) is 4.79 Å². The van der Waals surface area contributed by atoms with Gasteiger partial charge in [-0.3, -0.25) is 0 Å². The molecule has 0 saturated carbocycles. The van der Waals surface area contributed by atoms with Crippen molar-refractivity contribution < 1.29 is 14.6 Å². The van der Waals surface area contributed by atoms with Crippen molar-refractivity contribution in [2.45, 2.75) is 19.4 Å². The topological polar surface area (TPSA) is 70.7 Å². The van der Waals surface area contributed by atoms with E-state index in [9.17, 15) is 15.0 Å². The number of phenolic OH excluding ortho intramolecular Hbond substituents is 1. The summed E-state index contributed by atoms with van der Waals surface area (Å²) in [6.45, 7) is 3.19. The molecule has 22 heavy (non-hydrogen) atoms. The third kappa shape index (κ3) is 2.67. The van der Waals surface area contributed by atoms with Gasteiger partial charge in [-0.1, -0.05) is 17.9 Å². The van der Waals surface area contributed by atoms with Crippen LogP contribution in [0.5, 0.6) is 5.75 Å². The molecule has 0 bridgehead atoms. The fourth-order valence-corrected chi connectivity index (χ4v) is 2.22. The van der Waals surface area contributed by atoms with E-state index in [2.05, 4.69) is 11.8 Å². The maximum Gasteiger partial charge on any atom is 0.344 e. The van der Waals surface area contributed by atoms with Crippen LogP contribution in [0.25, 0.3) is 21.7 Å². The van der Waals surface area contributed by atoms with Crippen LogP contribution in [0.4, 0.5) is 0 Å². The van der Waals surface area contributed by atoms with Gasteiger partial charge in [-0.15, -0.1) is 0 Å². The van der Waals surface area contributed by atoms with E-state index in [0.29, 0.717) is 16.5 Å². The van der Waals surface area contributed by atoms with Crippen LogP contribution >= 0.6 is 0 Å². The Morgan fingerprint density at radius 2 is 1.77 bits per heavy atom. The molecule has 0 spiro atoms. The molecule has 0 aliphatic rings. The molecule has 2 aromatic carbocycles. The zero-order valence-corrected chi connectivity index (χ0v) is 12.2. The molecule has 0 atom stereocenters. The van der Waals surface area contributed by atoms with Crippen molar-refractivity contribution in [3.8, 4) is 17.6 Å². The molecule has 0 radical (unpaired) electrons. The first kappa shape index (κ1) is 14.2. The fourth-order valence-electron chi connectivity index (χ4n) is 2.22. The SMILES string of the molecule is CC(C)(O)C#Cc1ccc2c(c1)c(=O)oc1cc(O)ccc12. The molecule has 4 heteroatoms. The first-order valence-corrected chi connectivity index (χ1v) is 6.79. The molecule has 3 rings (SSSR count). The fraction of sp³-hybridized carbons (Fsp3) is 0.167. The lowest BCUT2D eigenvalue weighted by Crippen LogP contribution is -2.14. The average Bonchev–Trinajstić information content (AvgIpc) is 2.44. The highest BCUT2D eigenvalue weighted by Gasteiger charge is 2.09. The zero-order valence-electron chi connectivity index (χ0n) is 12.2. The van der Waals surface area contributed by atoms with Crippen molar-refractivity contribution in [3.05, 3.63) is 52.4 Å². The number of aromatic hydroxyl groups is 1. The third-order valence-electron chi connectivity index (χ3n) is 3.21. The molecule has 4 nitrogen and oxygen atoms in total. The average molecular weight is 294 g/mol. The quantitative estimate of drug-likeness (QED) is 0.380. The summed E-state index contributed by atoms with van der Waals surface area (Å²) < 4.78 is 5.24. The summed E-state index contributed by atoms with van der Waals surface area (Å²) in [5.74, 6) is 5.59. The van der Waals surface area contributed by atoms with Crippen LogP contribution in [-0.4, -0.2) is 15.8 Å². The smallest absolute Gasteiger partial charge is 0.344 e. The Bertz CT molecular complexity index is 995. The van der Waals surface area contributed by atoms with E-state index >= 15 is 0 Å². The van der Waals surface area contributed by atoms with Crippen LogP contribution in [-0.2, 0) is 0 Å². The maximum atomic E-state index is 12.1. The van der Waals surface area contributed by atoms with Gasteiger partial charge in [0.2, 0.25) is 0 Å². The van der Waals surface area contributed by atoms with Crippen LogP contribution in [0.3, 0.4) is 0 Å². The number of phenols is 1. The Kier molecular flexibility index (Phi) is 3.16. The zero-order chi connectivity index (χ0) is 15.9. The molecule has 0 unspecified atom stereocenters. The van der Waals surface area contributed by atoms with Gasteiger partial charge in [-0.2, -0.15) is 0 Å². The van der Waals surface area contributed by atoms with Crippen LogP contribution in [0.15, 0.2) is 45.6 Å². The van der Waals surface area contributed by atoms with Crippen molar-refractivity contribution in [1.82, 2.24) is 0 Å². The van der Waals surface area contributed by atoms with Crippen molar-refractivity contribution in [3.63, 3.8) is 0 Å². The predicted octanol–water partition coefficient (Wildman–Crippen LogP) is 2.77. The Morgan fingerprint density at radius 1 is 1.05 bits per heavy atom. The molecule has 0 amide bonds. The lowest BCUT2D eigenvalue weighted by molar-refractivity contribution is 0.143. The van der Waals surface area contributed by atoms with Gasteiger partial charge in [0.05, 0.1) is 5.39 Å². The van der Waals surface area contributed by atoms with Gasteiger partial charge in [-0.05, 0) is 38.1 Å². The molecule has 1 aromatic heterocycles. The largest absolute Gasteiger partial charge is 0.508 e. The minimum atomic E-state index is -1.10. The van der Waals surface area contributed by atoms with E-state index in [1.54, 1.807) is 44.2 Å². The van der Waals surface area contributed by atoms with E-state index in [0.717, 1.165) is 10.8 Å². The van der Waals surface area contributed by atoms with Crippen LogP contribution in [0.2, 0.25) is 0 Å². The summed E-state index contributed by atoms with van der Waals surface area (Å²) in [4.78, 5) is 12.1. The molecule has 2 N–H and O–H groups in total. The lowest BCUT2D eigenvalue weighted by Gasteiger charge is -2.06. The summed E-state index contributed by atoms with van der Waals surface area (Å²) in [6.07, 6.45) is 0. The predicted molar refractivity (Wildman–Crippen MR) is 84.8 cm³/mol. The molecule has 0 fully saturated rings. The summed E-state index contributed by atoms with van der Waals surface area (Å²) >= 11 is 0. The normalized spacial score (nSPS) is 11.4. The molecule has 0 saturated heterocycles. The van der Waals surface area contributed by atoms with Gasteiger partial charge in [0.15, 0.2) is 0 Å². The summed E-state index contributed by atoms with van der Waals surface area (Å²) in [5, 5.41) is 21.0. The van der Waals surface area contributed by atoms with E-state index in [1.165, 1.54) is 6.07 Å². The first-order chi connectivity index (χ1) is 10.3. The van der Waals surface area contributed by atoms with Crippen molar-refractivity contribution >= 4 is 21.7 Å². The van der Waals surface area contributed by atoms with Crippen molar-refractivity contribution in [2.75, 3.05) is 0 Å². The number of hydrogen-bond donors (Lipinski definition) is 2. The van der Waals surface area contributed by atoms with E-state index < -0.39 is 11.2 Å². The minimum Gasteiger partial charge on any atom is -0.508 e. The molecule has 1 heterocycles. The number of rotatable bonds is 0. The molecule has 110 valence electrons. The Hall–Kier alpha value is -2.77. The molecular weight excluding hydrogens is 280 g/mol. The lowest BCUT2D eigenvalue weighted by atomic mass is 10.0. The Labute approximate surface area is 126 Å². The van der Waals surface area contributed by atoms with Crippen LogP contribution < -0.4 is 5.63 Å². The van der Waals surface area contributed by atoms with E-state index in [-0.39, 0.29) is 5.75 Å². The van der Waals surface area contributed by atoms with Crippen LogP contribution in [0, 0.1) is 11.8 Å². The van der Waals surface area contributed by atoms with E-state index in [4.69, 9.17) is 4.42 Å². The maximum absolute atomic E-state index is 12.1. The van der Waals surface area contributed by atoms with Crippen molar-refractivity contribution in [1.29, 1.82) is 0 Å². The highest BCUT2D eigenvalue weighted by molar-refractivity contribution is 6.04. The van der Waals surface area contributed by atoms with Crippen molar-refractivity contribution in [2.24, 2.45) is 0 Å². The summed E-state index contributed by atoms with van der Waals surface area (Å²) in [6, 6.07) is 9.89. The Morgan fingerprint density at radius 3 is 2.50 bits per heavy atom.